The van der Waals surface area contributed by atoms with Gasteiger partial charge < -0.3 is 4.90 Å². The normalized spacial score (nSPS) is 17.2. The summed E-state index contributed by atoms with van der Waals surface area (Å²) in [6.45, 7) is 9.30. The summed E-state index contributed by atoms with van der Waals surface area (Å²) in [7, 11) is 0. The van der Waals surface area contributed by atoms with E-state index in [1.54, 1.807) is 17.1 Å². The molecule has 1 aliphatic carbocycles. The Bertz CT molecular complexity index is 1110. The maximum Gasteiger partial charge on any atom is 0.267 e. The quantitative estimate of drug-likeness (QED) is 0.641. The van der Waals surface area contributed by atoms with Gasteiger partial charge >= 0.3 is 0 Å². The van der Waals surface area contributed by atoms with Gasteiger partial charge in [0.15, 0.2) is 0 Å². The van der Waals surface area contributed by atoms with Crippen LogP contribution in [-0.2, 0) is 19.4 Å². The standard InChI is InChI=1S/C20H26N8O/c1-14-15(2)23-20-21-13-22-28(20)19(14)26-9-6-25(7-10-26)8-11-27-18(29)12-16-4-3-5-17(16)24-27/h12-13H,3-11H2,1-2H3. The van der Waals surface area contributed by atoms with Gasteiger partial charge in [-0.3, -0.25) is 9.69 Å². The molecule has 1 aliphatic heterocycles. The molecule has 0 aromatic carbocycles. The third-order valence-electron chi connectivity index (χ3n) is 6.20. The van der Waals surface area contributed by atoms with Crippen LogP contribution >= 0.6 is 0 Å². The highest BCUT2D eigenvalue weighted by atomic mass is 16.1. The van der Waals surface area contributed by atoms with Crippen LogP contribution in [0.3, 0.4) is 0 Å². The van der Waals surface area contributed by atoms with Crippen molar-refractivity contribution in [3.05, 3.63) is 45.3 Å². The number of hydrogen-bond acceptors (Lipinski definition) is 7. The van der Waals surface area contributed by atoms with E-state index < -0.39 is 0 Å². The molecule has 2 aliphatic rings. The number of anilines is 1. The van der Waals surface area contributed by atoms with Crippen molar-refractivity contribution >= 4 is 11.6 Å². The van der Waals surface area contributed by atoms with Gasteiger partial charge in [-0.05, 0) is 38.7 Å². The Balaban J connectivity index is 1.26. The number of rotatable bonds is 4. The van der Waals surface area contributed by atoms with Gasteiger partial charge in [0.05, 0.1) is 12.2 Å². The van der Waals surface area contributed by atoms with Gasteiger partial charge in [-0.1, -0.05) is 0 Å². The molecule has 0 radical (unpaired) electrons. The summed E-state index contributed by atoms with van der Waals surface area (Å²) in [6, 6.07) is 1.78. The van der Waals surface area contributed by atoms with E-state index in [0.717, 1.165) is 80.3 Å². The van der Waals surface area contributed by atoms with Crippen LogP contribution in [0, 0.1) is 13.8 Å². The molecule has 3 aromatic heterocycles. The highest BCUT2D eigenvalue weighted by molar-refractivity contribution is 5.54. The minimum atomic E-state index is 0.0285. The Hall–Kier alpha value is -2.81. The Morgan fingerprint density at radius 1 is 1.07 bits per heavy atom. The Morgan fingerprint density at radius 2 is 1.90 bits per heavy atom. The van der Waals surface area contributed by atoms with Crippen LogP contribution in [0.25, 0.3) is 5.78 Å². The minimum absolute atomic E-state index is 0.0285. The molecule has 9 nitrogen and oxygen atoms in total. The van der Waals surface area contributed by atoms with Crippen LogP contribution < -0.4 is 10.5 Å². The summed E-state index contributed by atoms with van der Waals surface area (Å²) < 4.78 is 3.48. The molecule has 5 rings (SSSR count). The van der Waals surface area contributed by atoms with Gasteiger partial charge in [0.2, 0.25) is 0 Å². The minimum Gasteiger partial charge on any atom is -0.354 e. The first-order valence-electron chi connectivity index (χ1n) is 10.3. The van der Waals surface area contributed by atoms with Gasteiger partial charge in [0.25, 0.3) is 11.3 Å². The maximum atomic E-state index is 12.3. The molecule has 0 saturated carbocycles. The van der Waals surface area contributed by atoms with Crippen molar-refractivity contribution in [3.8, 4) is 0 Å². The van der Waals surface area contributed by atoms with Crippen molar-refractivity contribution in [2.45, 2.75) is 39.7 Å². The molecule has 0 spiro atoms. The predicted octanol–water partition coefficient (Wildman–Crippen LogP) is 0.609. The lowest BCUT2D eigenvalue weighted by Gasteiger charge is -2.36. The van der Waals surface area contributed by atoms with E-state index in [0.29, 0.717) is 12.3 Å². The van der Waals surface area contributed by atoms with Crippen molar-refractivity contribution < 1.29 is 0 Å². The van der Waals surface area contributed by atoms with Crippen LogP contribution in [-0.4, -0.2) is 67.0 Å². The largest absolute Gasteiger partial charge is 0.354 e. The fourth-order valence-electron chi connectivity index (χ4n) is 4.41. The molecular weight excluding hydrogens is 368 g/mol. The second kappa shape index (κ2) is 7.22. The fourth-order valence-corrected chi connectivity index (χ4v) is 4.41. The summed E-state index contributed by atoms with van der Waals surface area (Å²) in [5, 5.41) is 8.96. The van der Waals surface area contributed by atoms with Gasteiger partial charge in [0.1, 0.15) is 12.1 Å². The number of hydrogen-bond donors (Lipinski definition) is 0. The molecule has 3 aromatic rings. The topological polar surface area (TPSA) is 84.4 Å². The lowest BCUT2D eigenvalue weighted by molar-refractivity contribution is 0.241. The SMILES string of the molecule is Cc1nc2ncnn2c(N2CCN(CCn3nc4c(cc3=O)CCC4)CC2)c1C. The lowest BCUT2D eigenvalue weighted by Crippen LogP contribution is -2.48. The van der Waals surface area contributed by atoms with E-state index in [2.05, 4.69) is 36.9 Å². The van der Waals surface area contributed by atoms with Crippen LogP contribution in [0.4, 0.5) is 5.82 Å². The number of aryl methyl sites for hydroxylation is 3. The van der Waals surface area contributed by atoms with E-state index in [4.69, 9.17) is 0 Å². The van der Waals surface area contributed by atoms with E-state index >= 15 is 0 Å². The van der Waals surface area contributed by atoms with E-state index in [1.165, 1.54) is 0 Å². The molecule has 0 N–H and O–H groups in total. The number of nitrogens with zero attached hydrogens (tertiary/aromatic N) is 8. The molecule has 4 heterocycles. The predicted molar refractivity (Wildman–Crippen MR) is 109 cm³/mol. The van der Waals surface area contributed by atoms with Crippen LogP contribution in [0.5, 0.6) is 0 Å². The summed E-state index contributed by atoms with van der Waals surface area (Å²) in [5.74, 6) is 1.73. The summed E-state index contributed by atoms with van der Waals surface area (Å²) in [4.78, 5) is 25.8. The number of aromatic nitrogens is 6. The molecule has 9 heteroatoms. The average Bonchev–Trinajstić information content (AvgIpc) is 3.36. The fraction of sp³-hybridized carbons (Fsp3) is 0.550. The lowest BCUT2D eigenvalue weighted by atomic mass is 10.2. The van der Waals surface area contributed by atoms with Gasteiger partial charge in [-0.15, -0.1) is 0 Å². The first-order chi connectivity index (χ1) is 14.1. The number of fused-ring (bicyclic) bond motifs is 2. The Morgan fingerprint density at radius 3 is 2.72 bits per heavy atom. The third kappa shape index (κ3) is 3.29. The van der Waals surface area contributed by atoms with Crippen molar-refractivity contribution in [3.63, 3.8) is 0 Å². The highest BCUT2D eigenvalue weighted by Crippen LogP contribution is 2.23. The van der Waals surface area contributed by atoms with Crippen molar-refractivity contribution in [1.29, 1.82) is 0 Å². The molecule has 0 atom stereocenters. The maximum absolute atomic E-state index is 12.3. The van der Waals surface area contributed by atoms with Gasteiger partial charge in [-0.2, -0.15) is 19.7 Å². The van der Waals surface area contributed by atoms with E-state index in [-0.39, 0.29) is 5.56 Å². The summed E-state index contributed by atoms with van der Waals surface area (Å²) in [6.07, 6.45) is 4.66. The first-order valence-corrected chi connectivity index (χ1v) is 10.3. The highest BCUT2D eigenvalue weighted by Gasteiger charge is 2.23. The van der Waals surface area contributed by atoms with Gasteiger partial charge in [0, 0.05) is 50.0 Å². The van der Waals surface area contributed by atoms with Gasteiger partial charge in [-0.25, -0.2) is 9.67 Å². The molecule has 0 amide bonds. The molecule has 29 heavy (non-hydrogen) atoms. The second-order valence-corrected chi connectivity index (χ2v) is 7.98. The molecule has 0 bridgehead atoms. The Labute approximate surface area is 169 Å². The monoisotopic (exact) mass is 394 g/mol. The number of piperazine rings is 1. The molecule has 0 unspecified atom stereocenters. The average molecular weight is 394 g/mol. The van der Waals surface area contributed by atoms with Crippen molar-refractivity contribution in [2.75, 3.05) is 37.6 Å². The van der Waals surface area contributed by atoms with Crippen LogP contribution in [0.2, 0.25) is 0 Å². The zero-order chi connectivity index (χ0) is 20.0. The molecule has 152 valence electrons. The van der Waals surface area contributed by atoms with Crippen LogP contribution in [0.15, 0.2) is 17.2 Å². The molecule has 1 saturated heterocycles. The van der Waals surface area contributed by atoms with Crippen molar-refractivity contribution in [2.24, 2.45) is 0 Å². The van der Waals surface area contributed by atoms with E-state index in [9.17, 15) is 4.79 Å². The van der Waals surface area contributed by atoms with E-state index in [1.807, 2.05) is 11.4 Å². The zero-order valence-corrected chi connectivity index (χ0v) is 17.0. The smallest absolute Gasteiger partial charge is 0.267 e. The second-order valence-electron chi connectivity index (χ2n) is 7.98. The molecule has 1 fully saturated rings. The van der Waals surface area contributed by atoms with Crippen LogP contribution in [0.1, 0.15) is 28.9 Å². The molecular formula is C20H26N8O. The Kier molecular flexibility index (Phi) is 4.54. The third-order valence-corrected chi connectivity index (χ3v) is 6.20. The zero-order valence-electron chi connectivity index (χ0n) is 17.0. The first kappa shape index (κ1) is 18.2. The summed E-state index contributed by atoms with van der Waals surface area (Å²) >= 11 is 0. The summed E-state index contributed by atoms with van der Waals surface area (Å²) in [5.41, 5.74) is 4.41. The van der Waals surface area contributed by atoms with Crippen molar-refractivity contribution in [1.82, 2.24) is 34.3 Å².